The molecule has 2 rings (SSSR count). The van der Waals surface area contributed by atoms with Crippen LogP contribution in [-0.4, -0.2) is 12.0 Å². The molecule has 1 aromatic heterocycles. The molecule has 0 saturated carbocycles. The summed E-state index contributed by atoms with van der Waals surface area (Å²) in [4.78, 5) is 6.90. The SMILES string of the molecule is CN(Cc1cc(F)ccc1F)c1ncc(CN)s1. The molecule has 2 aromatic rings. The number of benzene rings is 1. The van der Waals surface area contributed by atoms with E-state index in [4.69, 9.17) is 5.73 Å². The van der Waals surface area contributed by atoms with E-state index in [-0.39, 0.29) is 6.54 Å². The molecule has 6 heteroatoms. The lowest BCUT2D eigenvalue weighted by Gasteiger charge is -2.16. The van der Waals surface area contributed by atoms with Crippen LogP contribution in [0.25, 0.3) is 0 Å². The Hall–Kier alpha value is -1.53. The lowest BCUT2D eigenvalue weighted by atomic mass is 10.2. The summed E-state index contributed by atoms with van der Waals surface area (Å²) in [5.41, 5.74) is 5.81. The minimum Gasteiger partial charge on any atom is -0.347 e. The van der Waals surface area contributed by atoms with Gasteiger partial charge >= 0.3 is 0 Å². The predicted molar refractivity (Wildman–Crippen MR) is 68.5 cm³/mol. The normalized spacial score (nSPS) is 10.7. The molecule has 0 amide bonds. The van der Waals surface area contributed by atoms with Crippen LogP contribution in [0.5, 0.6) is 0 Å². The van der Waals surface area contributed by atoms with Crippen molar-refractivity contribution < 1.29 is 8.78 Å². The van der Waals surface area contributed by atoms with Crippen molar-refractivity contribution in [1.82, 2.24) is 4.98 Å². The molecule has 2 N–H and O–H groups in total. The van der Waals surface area contributed by atoms with Gasteiger partial charge in [-0.1, -0.05) is 0 Å². The Labute approximate surface area is 108 Å². The van der Waals surface area contributed by atoms with E-state index in [9.17, 15) is 8.78 Å². The van der Waals surface area contributed by atoms with Gasteiger partial charge in [-0.25, -0.2) is 13.8 Å². The fourth-order valence-electron chi connectivity index (χ4n) is 1.56. The van der Waals surface area contributed by atoms with E-state index in [1.807, 2.05) is 0 Å². The van der Waals surface area contributed by atoms with Crippen molar-refractivity contribution in [1.29, 1.82) is 0 Å². The van der Waals surface area contributed by atoms with Gasteiger partial charge in [0.1, 0.15) is 11.6 Å². The third-order valence-corrected chi connectivity index (χ3v) is 3.62. The quantitative estimate of drug-likeness (QED) is 0.927. The molecule has 1 heterocycles. The lowest BCUT2D eigenvalue weighted by molar-refractivity contribution is 0.583. The summed E-state index contributed by atoms with van der Waals surface area (Å²) in [6.45, 7) is 0.695. The lowest BCUT2D eigenvalue weighted by Crippen LogP contribution is -2.17. The first-order valence-corrected chi connectivity index (χ1v) is 6.21. The molecule has 0 aliphatic heterocycles. The van der Waals surface area contributed by atoms with Crippen molar-refractivity contribution in [2.24, 2.45) is 5.73 Å². The van der Waals surface area contributed by atoms with Gasteiger partial charge in [0.2, 0.25) is 0 Å². The highest BCUT2D eigenvalue weighted by Crippen LogP contribution is 2.23. The number of nitrogens with two attached hydrogens (primary N) is 1. The van der Waals surface area contributed by atoms with Crippen molar-refractivity contribution in [3.8, 4) is 0 Å². The number of halogens is 2. The molecule has 0 bridgehead atoms. The van der Waals surface area contributed by atoms with Crippen molar-refractivity contribution in [3.05, 3.63) is 46.5 Å². The molecule has 0 atom stereocenters. The van der Waals surface area contributed by atoms with Gasteiger partial charge in [-0.05, 0) is 18.2 Å². The second-order valence-corrected chi connectivity index (χ2v) is 5.00. The van der Waals surface area contributed by atoms with Gasteiger partial charge < -0.3 is 10.6 Å². The van der Waals surface area contributed by atoms with Crippen molar-refractivity contribution in [3.63, 3.8) is 0 Å². The largest absolute Gasteiger partial charge is 0.347 e. The van der Waals surface area contributed by atoms with Crippen molar-refractivity contribution >= 4 is 16.5 Å². The van der Waals surface area contributed by atoms with Crippen LogP contribution >= 0.6 is 11.3 Å². The molecule has 3 nitrogen and oxygen atoms in total. The molecule has 18 heavy (non-hydrogen) atoms. The minimum absolute atomic E-state index is 0.265. The molecule has 0 spiro atoms. The minimum atomic E-state index is -0.443. The van der Waals surface area contributed by atoms with E-state index < -0.39 is 11.6 Å². The third-order valence-electron chi connectivity index (χ3n) is 2.48. The van der Waals surface area contributed by atoms with Crippen molar-refractivity contribution in [2.75, 3.05) is 11.9 Å². The number of nitrogens with zero attached hydrogens (tertiary/aromatic N) is 2. The fourth-order valence-corrected chi connectivity index (χ4v) is 2.30. The molecule has 0 fully saturated rings. The zero-order valence-electron chi connectivity index (χ0n) is 9.86. The van der Waals surface area contributed by atoms with Crippen LogP contribution in [0, 0.1) is 11.6 Å². The van der Waals surface area contributed by atoms with Crippen LogP contribution in [0.3, 0.4) is 0 Å². The van der Waals surface area contributed by atoms with Crippen LogP contribution in [0.4, 0.5) is 13.9 Å². The highest BCUT2D eigenvalue weighted by atomic mass is 32.1. The Bertz CT molecular complexity index is 542. The number of hydrogen-bond donors (Lipinski definition) is 1. The second kappa shape index (κ2) is 5.41. The zero-order chi connectivity index (χ0) is 13.1. The van der Waals surface area contributed by atoms with Crippen molar-refractivity contribution in [2.45, 2.75) is 13.1 Å². The van der Waals surface area contributed by atoms with Gasteiger partial charge in [0, 0.05) is 36.8 Å². The number of hydrogen-bond acceptors (Lipinski definition) is 4. The van der Waals surface area contributed by atoms with E-state index in [0.29, 0.717) is 12.1 Å². The summed E-state index contributed by atoms with van der Waals surface area (Å²) in [5.74, 6) is -0.861. The summed E-state index contributed by atoms with van der Waals surface area (Å²) >= 11 is 1.44. The monoisotopic (exact) mass is 269 g/mol. The first-order chi connectivity index (χ1) is 8.60. The Kier molecular flexibility index (Phi) is 3.88. The number of rotatable bonds is 4. The molecule has 0 aliphatic carbocycles. The highest BCUT2D eigenvalue weighted by Gasteiger charge is 2.10. The van der Waals surface area contributed by atoms with Gasteiger partial charge in [0.05, 0.1) is 0 Å². The summed E-state index contributed by atoms with van der Waals surface area (Å²) < 4.78 is 26.5. The maximum atomic E-state index is 13.5. The molecule has 96 valence electrons. The van der Waals surface area contributed by atoms with Crippen LogP contribution in [0.15, 0.2) is 24.4 Å². The predicted octanol–water partition coefficient (Wildman–Crippen LogP) is 2.52. The first kappa shape index (κ1) is 12.9. The Balaban J connectivity index is 2.15. The molecular weight excluding hydrogens is 256 g/mol. The fraction of sp³-hybridized carbons (Fsp3) is 0.250. The third kappa shape index (κ3) is 2.83. The van der Waals surface area contributed by atoms with Crippen LogP contribution in [0.1, 0.15) is 10.4 Å². The summed E-state index contributed by atoms with van der Waals surface area (Å²) in [5, 5.41) is 0.735. The maximum absolute atomic E-state index is 13.5. The van der Waals surface area contributed by atoms with E-state index in [0.717, 1.165) is 22.1 Å². The Morgan fingerprint density at radius 2 is 2.17 bits per heavy atom. The number of anilines is 1. The van der Waals surface area contributed by atoms with E-state index in [2.05, 4.69) is 4.98 Å². The Morgan fingerprint density at radius 3 is 2.83 bits per heavy atom. The van der Waals surface area contributed by atoms with E-state index in [1.165, 1.54) is 17.4 Å². The van der Waals surface area contributed by atoms with E-state index >= 15 is 0 Å². The first-order valence-electron chi connectivity index (χ1n) is 5.40. The average Bonchev–Trinajstić information content (AvgIpc) is 2.82. The van der Waals surface area contributed by atoms with Gasteiger partial charge in [-0.3, -0.25) is 0 Å². The molecule has 0 aliphatic rings. The molecule has 0 radical (unpaired) electrons. The maximum Gasteiger partial charge on any atom is 0.185 e. The molecule has 0 unspecified atom stereocenters. The van der Waals surface area contributed by atoms with Crippen LogP contribution < -0.4 is 10.6 Å². The smallest absolute Gasteiger partial charge is 0.185 e. The molecule has 0 saturated heterocycles. The van der Waals surface area contributed by atoms with Gasteiger partial charge in [0.15, 0.2) is 5.13 Å². The number of thiazole rings is 1. The topological polar surface area (TPSA) is 42.2 Å². The Morgan fingerprint density at radius 1 is 1.39 bits per heavy atom. The molecule has 1 aromatic carbocycles. The second-order valence-electron chi connectivity index (χ2n) is 3.91. The average molecular weight is 269 g/mol. The standard InChI is InChI=1S/C12H13F2N3S/c1-17(12-16-6-10(5-15)18-12)7-8-4-9(13)2-3-11(8)14/h2-4,6H,5,7,15H2,1H3. The number of aromatic nitrogens is 1. The van der Waals surface area contributed by atoms with Gasteiger partial charge in [0.25, 0.3) is 0 Å². The summed E-state index contributed by atoms with van der Waals surface area (Å²) in [6.07, 6.45) is 1.69. The zero-order valence-corrected chi connectivity index (χ0v) is 10.7. The van der Waals surface area contributed by atoms with Crippen LogP contribution in [-0.2, 0) is 13.1 Å². The highest BCUT2D eigenvalue weighted by molar-refractivity contribution is 7.15. The van der Waals surface area contributed by atoms with E-state index in [1.54, 1.807) is 18.1 Å². The van der Waals surface area contributed by atoms with Crippen LogP contribution in [0.2, 0.25) is 0 Å². The van der Waals surface area contributed by atoms with Gasteiger partial charge in [-0.15, -0.1) is 11.3 Å². The summed E-state index contributed by atoms with van der Waals surface area (Å²) in [6, 6.07) is 3.43. The summed E-state index contributed by atoms with van der Waals surface area (Å²) in [7, 11) is 1.78. The molecular formula is C12H13F2N3S. The van der Waals surface area contributed by atoms with Gasteiger partial charge in [-0.2, -0.15) is 0 Å².